The second kappa shape index (κ2) is 3.78. The van der Waals surface area contributed by atoms with Gasteiger partial charge in [0.25, 0.3) is 0 Å². The van der Waals surface area contributed by atoms with E-state index in [0.29, 0.717) is 22.7 Å². The summed E-state index contributed by atoms with van der Waals surface area (Å²) in [6.07, 6.45) is 3.73. The van der Waals surface area contributed by atoms with Crippen LogP contribution in [-0.2, 0) is 0 Å². The minimum Gasteiger partial charge on any atom is -0.257 e. The molecule has 0 aromatic carbocycles. The molecule has 1 aliphatic carbocycles. The first-order chi connectivity index (χ1) is 7.75. The minimum absolute atomic E-state index is 0.420. The standard InChI is InChI=1S/C9H7BrClN5/c10-5-6(4-1-2-4)14-9(15-7(5)11)8-12-3-13-16-8/h3-4H,1-2H2,(H,12,13,16). The molecule has 0 radical (unpaired) electrons. The van der Waals surface area contributed by atoms with Crippen LogP contribution in [0.15, 0.2) is 10.8 Å². The van der Waals surface area contributed by atoms with Crippen molar-refractivity contribution in [1.29, 1.82) is 0 Å². The zero-order valence-corrected chi connectivity index (χ0v) is 10.5. The van der Waals surface area contributed by atoms with Crippen LogP contribution >= 0.6 is 27.5 Å². The maximum Gasteiger partial charge on any atom is 0.199 e. The molecule has 16 heavy (non-hydrogen) atoms. The molecule has 5 nitrogen and oxygen atoms in total. The van der Waals surface area contributed by atoms with Crippen LogP contribution in [0.25, 0.3) is 11.6 Å². The van der Waals surface area contributed by atoms with Crippen LogP contribution < -0.4 is 0 Å². The fourth-order valence-corrected chi connectivity index (χ4v) is 2.16. The third-order valence-electron chi connectivity index (χ3n) is 2.43. The lowest BCUT2D eigenvalue weighted by Crippen LogP contribution is -1.98. The van der Waals surface area contributed by atoms with E-state index in [9.17, 15) is 0 Å². The number of aromatic amines is 1. The number of nitrogens with zero attached hydrogens (tertiary/aromatic N) is 4. The van der Waals surface area contributed by atoms with Crippen molar-refractivity contribution in [3.63, 3.8) is 0 Å². The van der Waals surface area contributed by atoms with E-state index in [4.69, 9.17) is 11.6 Å². The molecule has 0 saturated heterocycles. The first-order valence-electron chi connectivity index (χ1n) is 4.84. The van der Waals surface area contributed by atoms with Crippen molar-refractivity contribution in [2.45, 2.75) is 18.8 Å². The van der Waals surface area contributed by atoms with Crippen LogP contribution in [0.1, 0.15) is 24.5 Å². The highest BCUT2D eigenvalue weighted by molar-refractivity contribution is 9.10. The fourth-order valence-electron chi connectivity index (χ4n) is 1.48. The third kappa shape index (κ3) is 1.72. The van der Waals surface area contributed by atoms with Gasteiger partial charge in [-0.25, -0.2) is 15.0 Å². The molecular weight excluding hydrogens is 293 g/mol. The molecule has 1 aliphatic rings. The average molecular weight is 301 g/mol. The van der Waals surface area contributed by atoms with Crippen molar-refractivity contribution in [3.8, 4) is 11.6 Å². The zero-order valence-electron chi connectivity index (χ0n) is 8.11. The first kappa shape index (κ1) is 10.2. The molecular formula is C9H7BrClN5. The van der Waals surface area contributed by atoms with Crippen LogP contribution in [0.2, 0.25) is 5.15 Å². The molecule has 0 aliphatic heterocycles. The van der Waals surface area contributed by atoms with E-state index in [-0.39, 0.29) is 0 Å². The Morgan fingerprint density at radius 3 is 2.81 bits per heavy atom. The van der Waals surface area contributed by atoms with E-state index in [1.54, 1.807) is 0 Å². The van der Waals surface area contributed by atoms with Crippen LogP contribution in [0.5, 0.6) is 0 Å². The summed E-state index contributed by atoms with van der Waals surface area (Å²) < 4.78 is 0.792. The van der Waals surface area contributed by atoms with E-state index >= 15 is 0 Å². The van der Waals surface area contributed by atoms with Gasteiger partial charge in [0.05, 0.1) is 10.2 Å². The Morgan fingerprint density at radius 2 is 2.19 bits per heavy atom. The van der Waals surface area contributed by atoms with Gasteiger partial charge in [-0.15, -0.1) is 0 Å². The van der Waals surface area contributed by atoms with Gasteiger partial charge in [0.15, 0.2) is 11.6 Å². The Labute approximate surface area is 105 Å². The van der Waals surface area contributed by atoms with Gasteiger partial charge in [0, 0.05) is 5.92 Å². The molecule has 82 valence electrons. The lowest BCUT2D eigenvalue weighted by atomic mass is 10.3. The van der Waals surface area contributed by atoms with Crippen molar-refractivity contribution >= 4 is 27.5 Å². The predicted octanol–water partition coefficient (Wildman–Crippen LogP) is 2.56. The SMILES string of the molecule is Clc1nc(-c2ncn[nH]2)nc(C2CC2)c1Br. The topological polar surface area (TPSA) is 67.3 Å². The number of rotatable bonds is 2. The van der Waals surface area contributed by atoms with Crippen molar-refractivity contribution in [3.05, 3.63) is 21.6 Å². The van der Waals surface area contributed by atoms with Gasteiger partial charge in [0.1, 0.15) is 11.5 Å². The molecule has 0 amide bonds. The summed E-state index contributed by atoms with van der Waals surface area (Å²) >= 11 is 9.46. The van der Waals surface area contributed by atoms with E-state index in [1.165, 1.54) is 6.33 Å². The molecule has 0 bridgehead atoms. The Morgan fingerprint density at radius 1 is 1.38 bits per heavy atom. The van der Waals surface area contributed by atoms with Gasteiger partial charge >= 0.3 is 0 Å². The van der Waals surface area contributed by atoms with Crippen molar-refractivity contribution in [2.75, 3.05) is 0 Å². The number of hydrogen-bond donors (Lipinski definition) is 1. The van der Waals surface area contributed by atoms with Crippen LogP contribution in [0.3, 0.4) is 0 Å². The Hall–Kier alpha value is -1.01. The van der Waals surface area contributed by atoms with E-state index in [0.717, 1.165) is 23.0 Å². The van der Waals surface area contributed by atoms with Gasteiger partial charge in [-0.2, -0.15) is 5.10 Å². The third-order valence-corrected chi connectivity index (χ3v) is 3.71. The summed E-state index contributed by atoms with van der Waals surface area (Å²) in [6, 6.07) is 0. The summed E-state index contributed by atoms with van der Waals surface area (Å²) in [4.78, 5) is 12.6. The highest BCUT2D eigenvalue weighted by atomic mass is 79.9. The Balaban J connectivity index is 2.13. The number of hydrogen-bond acceptors (Lipinski definition) is 4. The van der Waals surface area contributed by atoms with Gasteiger partial charge in [-0.1, -0.05) is 11.6 Å². The maximum atomic E-state index is 6.05. The molecule has 0 atom stereocenters. The largest absolute Gasteiger partial charge is 0.257 e. The first-order valence-corrected chi connectivity index (χ1v) is 6.01. The van der Waals surface area contributed by atoms with E-state index < -0.39 is 0 Å². The second-order valence-corrected chi connectivity index (χ2v) is 4.80. The molecule has 1 fully saturated rings. The van der Waals surface area contributed by atoms with Gasteiger partial charge in [-0.3, -0.25) is 5.10 Å². The van der Waals surface area contributed by atoms with Gasteiger partial charge in [-0.05, 0) is 28.8 Å². The lowest BCUT2D eigenvalue weighted by molar-refractivity contribution is 0.963. The summed E-state index contributed by atoms with van der Waals surface area (Å²) in [6.45, 7) is 0. The average Bonchev–Trinajstić information content (AvgIpc) is 2.96. The molecule has 0 spiro atoms. The fraction of sp³-hybridized carbons (Fsp3) is 0.333. The van der Waals surface area contributed by atoms with Crippen LogP contribution in [0, 0.1) is 0 Å². The molecule has 2 aromatic heterocycles. The Bertz CT molecular complexity index is 523. The molecule has 1 N–H and O–H groups in total. The highest BCUT2D eigenvalue weighted by Gasteiger charge is 2.29. The predicted molar refractivity (Wildman–Crippen MR) is 62.1 cm³/mol. The summed E-state index contributed by atoms with van der Waals surface area (Å²) in [7, 11) is 0. The number of nitrogens with one attached hydrogen (secondary N) is 1. The second-order valence-electron chi connectivity index (χ2n) is 3.65. The monoisotopic (exact) mass is 299 g/mol. The summed E-state index contributed by atoms with van der Waals surface area (Å²) in [5.74, 6) is 1.53. The van der Waals surface area contributed by atoms with Gasteiger partial charge in [0.2, 0.25) is 0 Å². The number of H-pyrrole nitrogens is 1. The molecule has 2 heterocycles. The molecule has 3 rings (SSSR count). The number of aromatic nitrogens is 5. The normalized spacial score (nSPS) is 15.4. The summed E-state index contributed by atoms with van der Waals surface area (Å²) in [5.41, 5.74) is 0.964. The quantitative estimate of drug-likeness (QED) is 0.866. The molecule has 7 heteroatoms. The van der Waals surface area contributed by atoms with Gasteiger partial charge < -0.3 is 0 Å². The number of halogens is 2. The van der Waals surface area contributed by atoms with E-state index in [1.807, 2.05) is 0 Å². The highest BCUT2D eigenvalue weighted by Crippen LogP contribution is 2.44. The van der Waals surface area contributed by atoms with Crippen molar-refractivity contribution < 1.29 is 0 Å². The van der Waals surface area contributed by atoms with Crippen LogP contribution in [0.4, 0.5) is 0 Å². The van der Waals surface area contributed by atoms with E-state index in [2.05, 4.69) is 41.1 Å². The Kier molecular flexibility index (Phi) is 2.40. The van der Waals surface area contributed by atoms with Crippen molar-refractivity contribution in [2.24, 2.45) is 0 Å². The summed E-state index contributed by atoms with van der Waals surface area (Å²) in [5, 5.41) is 6.92. The minimum atomic E-state index is 0.420. The molecule has 1 saturated carbocycles. The van der Waals surface area contributed by atoms with Crippen LogP contribution in [-0.4, -0.2) is 25.1 Å². The molecule has 2 aromatic rings. The lowest BCUT2D eigenvalue weighted by Gasteiger charge is -2.05. The zero-order chi connectivity index (χ0) is 11.1. The molecule has 0 unspecified atom stereocenters. The smallest absolute Gasteiger partial charge is 0.199 e. The van der Waals surface area contributed by atoms with Crippen molar-refractivity contribution in [1.82, 2.24) is 25.1 Å². The maximum absolute atomic E-state index is 6.05.